The maximum Gasteiger partial charge on any atom is 0.118 e. The van der Waals surface area contributed by atoms with Crippen molar-refractivity contribution in [1.29, 1.82) is 0 Å². The first-order valence-electron chi connectivity index (χ1n) is 8.60. The molecule has 2 aromatic rings. The molecule has 0 radical (unpaired) electrons. The van der Waals surface area contributed by atoms with E-state index < -0.39 is 11.7 Å². The van der Waals surface area contributed by atoms with Crippen LogP contribution in [0.1, 0.15) is 42.5 Å². The summed E-state index contributed by atoms with van der Waals surface area (Å²) in [7, 11) is 0. The highest BCUT2D eigenvalue weighted by Gasteiger charge is 2.36. The second-order valence-electron chi connectivity index (χ2n) is 6.91. The van der Waals surface area contributed by atoms with Crippen LogP contribution in [-0.4, -0.2) is 28.9 Å². The fourth-order valence-corrected chi connectivity index (χ4v) is 3.22. The van der Waals surface area contributed by atoms with Crippen molar-refractivity contribution >= 4 is 0 Å². The van der Waals surface area contributed by atoms with Gasteiger partial charge in [0.15, 0.2) is 0 Å². The molecule has 24 heavy (non-hydrogen) atoms. The standard InChI is InChI=1S/C21H29NO2/c1-15(2)22-14-18(23)13-21(24,19-11-7-5-9-16(19)3)20-12-8-6-10-17(20)4/h5-12,15,18,22-24H,13-14H2,1-4H3/t18-/m0/s1. The quantitative estimate of drug-likeness (QED) is 0.731. The van der Waals surface area contributed by atoms with Gasteiger partial charge in [0.25, 0.3) is 0 Å². The minimum Gasteiger partial charge on any atom is -0.392 e. The Kier molecular flexibility index (Phi) is 6.16. The van der Waals surface area contributed by atoms with E-state index in [0.29, 0.717) is 12.6 Å². The summed E-state index contributed by atoms with van der Waals surface area (Å²) >= 11 is 0. The van der Waals surface area contributed by atoms with Crippen LogP contribution in [-0.2, 0) is 5.60 Å². The number of nitrogens with one attached hydrogen (secondary N) is 1. The molecule has 0 fully saturated rings. The molecule has 0 aliphatic heterocycles. The Morgan fingerprint density at radius 2 is 1.38 bits per heavy atom. The summed E-state index contributed by atoms with van der Waals surface area (Å²) in [5, 5.41) is 25.4. The van der Waals surface area contributed by atoms with E-state index in [4.69, 9.17) is 0 Å². The Morgan fingerprint density at radius 3 is 1.79 bits per heavy atom. The molecule has 0 spiro atoms. The predicted molar refractivity (Wildman–Crippen MR) is 99.1 cm³/mol. The molecule has 0 saturated heterocycles. The van der Waals surface area contributed by atoms with Crippen LogP contribution in [0.4, 0.5) is 0 Å². The highest BCUT2D eigenvalue weighted by Crippen LogP contribution is 2.37. The van der Waals surface area contributed by atoms with Crippen LogP contribution < -0.4 is 5.32 Å². The molecule has 3 heteroatoms. The molecule has 0 unspecified atom stereocenters. The Bertz CT molecular complexity index is 621. The van der Waals surface area contributed by atoms with Gasteiger partial charge in [-0.15, -0.1) is 0 Å². The van der Waals surface area contributed by atoms with E-state index in [1.165, 1.54) is 0 Å². The van der Waals surface area contributed by atoms with Crippen molar-refractivity contribution < 1.29 is 10.2 Å². The third-order valence-corrected chi connectivity index (χ3v) is 4.47. The minimum atomic E-state index is -1.21. The predicted octanol–water partition coefficient (Wildman–Crippen LogP) is 3.29. The summed E-state index contributed by atoms with van der Waals surface area (Å²) in [6.45, 7) is 8.54. The first kappa shape index (κ1) is 18.7. The molecule has 0 amide bonds. The lowest BCUT2D eigenvalue weighted by atomic mass is 9.78. The zero-order valence-corrected chi connectivity index (χ0v) is 15.1. The van der Waals surface area contributed by atoms with Crippen molar-refractivity contribution in [3.05, 3.63) is 70.8 Å². The van der Waals surface area contributed by atoms with Crippen molar-refractivity contribution in [2.45, 2.75) is 51.9 Å². The van der Waals surface area contributed by atoms with Crippen LogP contribution in [0.5, 0.6) is 0 Å². The SMILES string of the molecule is Cc1ccccc1C(O)(C[C@H](O)CNC(C)C)c1ccccc1C. The van der Waals surface area contributed by atoms with Gasteiger partial charge in [0, 0.05) is 19.0 Å². The molecule has 0 saturated carbocycles. The molecule has 0 heterocycles. The lowest BCUT2D eigenvalue weighted by Gasteiger charge is -2.34. The lowest BCUT2D eigenvalue weighted by molar-refractivity contribution is 0.0164. The van der Waals surface area contributed by atoms with E-state index in [1.807, 2.05) is 76.2 Å². The van der Waals surface area contributed by atoms with Gasteiger partial charge < -0.3 is 15.5 Å². The Balaban J connectivity index is 2.43. The van der Waals surface area contributed by atoms with E-state index in [2.05, 4.69) is 5.32 Å². The van der Waals surface area contributed by atoms with Crippen LogP contribution in [0.3, 0.4) is 0 Å². The van der Waals surface area contributed by atoms with Crippen molar-refractivity contribution in [3.8, 4) is 0 Å². The van der Waals surface area contributed by atoms with E-state index >= 15 is 0 Å². The monoisotopic (exact) mass is 327 g/mol. The van der Waals surface area contributed by atoms with Crippen molar-refractivity contribution in [3.63, 3.8) is 0 Å². The highest BCUT2D eigenvalue weighted by molar-refractivity contribution is 5.43. The molecule has 0 aliphatic rings. The Labute approximate surface area is 145 Å². The molecular formula is C21H29NO2. The Hall–Kier alpha value is -1.68. The van der Waals surface area contributed by atoms with Gasteiger partial charge in [-0.05, 0) is 36.1 Å². The number of benzene rings is 2. The highest BCUT2D eigenvalue weighted by atomic mass is 16.3. The minimum absolute atomic E-state index is 0.252. The number of aliphatic hydroxyl groups is 2. The summed E-state index contributed by atoms with van der Waals surface area (Å²) in [6.07, 6.45) is -0.390. The second-order valence-corrected chi connectivity index (χ2v) is 6.91. The van der Waals surface area contributed by atoms with Crippen LogP contribution >= 0.6 is 0 Å². The summed E-state index contributed by atoms with van der Waals surface area (Å²) in [6, 6.07) is 16.0. The van der Waals surface area contributed by atoms with Gasteiger partial charge in [-0.1, -0.05) is 62.4 Å². The van der Waals surface area contributed by atoms with Gasteiger partial charge in [0.1, 0.15) is 5.60 Å². The number of aryl methyl sites for hydroxylation is 2. The van der Waals surface area contributed by atoms with Gasteiger partial charge in [-0.3, -0.25) is 0 Å². The molecular weight excluding hydrogens is 298 g/mol. The molecule has 2 aromatic carbocycles. The molecule has 0 bridgehead atoms. The zero-order valence-electron chi connectivity index (χ0n) is 15.1. The largest absolute Gasteiger partial charge is 0.392 e. The van der Waals surface area contributed by atoms with Crippen LogP contribution in [0.25, 0.3) is 0 Å². The fraction of sp³-hybridized carbons (Fsp3) is 0.429. The molecule has 0 aliphatic carbocycles. The van der Waals surface area contributed by atoms with Crippen molar-refractivity contribution in [1.82, 2.24) is 5.32 Å². The van der Waals surface area contributed by atoms with Crippen LogP contribution in [0.15, 0.2) is 48.5 Å². The maximum absolute atomic E-state index is 11.7. The number of rotatable bonds is 7. The molecule has 3 nitrogen and oxygen atoms in total. The van der Waals surface area contributed by atoms with E-state index in [1.54, 1.807) is 0 Å². The first-order chi connectivity index (χ1) is 11.3. The average Bonchev–Trinajstić information content (AvgIpc) is 2.53. The number of hydrogen-bond donors (Lipinski definition) is 3. The van der Waals surface area contributed by atoms with E-state index in [-0.39, 0.29) is 6.42 Å². The molecule has 3 N–H and O–H groups in total. The lowest BCUT2D eigenvalue weighted by Crippen LogP contribution is -2.39. The van der Waals surface area contributed by atoms with Crippen molar-refractivity contribution in [2.75, 3.05) is 6.54 Å². The molecule has 0 aromatic heterocycles. The summed E-state index contributed by atoms with van der Waals surface area (Å²) < 4.78 is 0. The topological polar surface area (TPSA) is 52.5 Å². The molecule has 2 rings (SSSR count). The second kappa shape index (κ2) is 7.93. The maximum atomic E-state index is 11.7. The van der Waals surface area contributed by atoms with Crippen molar-refractivity contribution in [2.24, 2.45) is 0 Å². The van der Waals surface area contributed by atoms with Crippen LogP contribution in [0.2, 0.25) is 0 Å². The van der Waals surface area contributed by atoms with E-state index in [9.17, 15) is 10.2 Å². The Morgan fingerprint density at radius 1 is 0.917 bits per heavy atom. The van der Waals surface area contributed by atoms with Gasteiger partial charge >= 0.3 is 0 Å². The normalized spacial score (nSPS) is 13.3. The first-order valence-corrected chi connectivity index (χ1v) is 8.60. The smallest absolute Gasteiger partial charge is 0.118 e. The number of aliphatic hydroxyl groups excluding tert-OH is 1. The molecule has 1 atom stereocenters. The fourth-order valence-electron chi connectivity index (χ4n) is 3.22. The summed E-state index contributed by atoms with van der Waals surface area (Å²) in [5.41, 5.74) is 2.53. The third kappa shape index (κ3) is 4.23. The molecule has 130 valence electrons. The van der Waals surface area contributed by atoms with Gasteiger partial charge in [-0.25, -0.2) is 0 Å². The number of hydrogen-bond acceptors (Lipinski definition) is 3. The zero-order chi connectivity index (χ0) is 17.7. The average molecular weight is 327 g/mol. The van der Waals surface area contributed by atoms with E-state index in [0.717, 1.165) is 22.3 Å². The van der Waals surface area contributed by atoms with Gasteiger partial charge in [0.05, 0.1) is 6.10 Å². The summed E-state index contributed by atoms with van der Waals surface area (Å²) in [4.78, 5) is 0. The summed E-state index contributed by atoms with van der Waals surface area (Å²) in [5.74, 6) is 0. The van der Waals surface area contributed by atoms with Gasteiger partial charge in [0.2, 0.25) is 0 Å². The van der Waals surface area contributed by atoms with Gasteiger partial charge in [-0.2, -0.15) is 0 Å². The third-order valence-electron chi connectivity index (χ3n) is 4.47. The van der Waals surface area contributed by atoms with Crippen LogP contribution in [0, 0.1) is 13.8 Å².